The summed E-state index contributed by atoms with van der Waals surface area (Å²) in [6, 6.07) is 7.62. The number of ketones is 1. The molecule has 21 heavy (non-hydrogen) atoms. The van der Waals surface area contributed by atoms with Crippen molar-refractivity contribution >= 4 is 50.9 Å². The molecule has 0 fully saturated rings. The summed E-state index contributed by atoms with van der Waals surface area (Å²) in [5.74, 6) is -1.29. The van der Waals surface area contributed by atoms with Gasteiger partial charge < -0.3 is 0 Å². The van der Waals surface area contributed by atoms with Crippen LogP contribution in [0.3, 0.4) is 0 Å². The van der Waals surface area contributed by atoms with Gasteiger partial charge in [-0.2, -0.15) is 0 Å². The predicted molar refractivity (Wildman–Crippen MR) is 89.0 cm³/mol. The molecule has 0 aliphatic rings. The van der Waals surface area contributed by atoms with Crippen molar-refractivity contribution < 1.29 is 14.3 Å². The molecule has 0 spiro atoms. The fourth-order valence-corrected chi connectivity index (χ4v) is 5.56. The van der Waals surface area contributed by atoms with Crippen LogP contribution in [-0.2, 0) is 4.79 Å². The number of halogens is 3. The molecule has 0 heterocycles. The molecule has 6 heteroatoms. The second kappa shape index (κ2) is 8.14. The van der Waals surface area contributed by atoms with Gasteiger partial charge in [0.1, 0.15) is 0 Å². The molecule has 118 valence electrons. The van der Waals surface area contributed by atoms with Crippen LogP contribution in [-0.4, -0.2) is 40.8 Å². The molecule has 0 unspecified atom stereocenters. The van der Waals surface area contributed by atoms with E-state index in [-0.39, 0.29) is 6.42 Å². The predicted octanol–water partition coefficient (Wildman–Crippen LogP) is 3.61. The topological polar surface area (TPSA) is 37.3 Å². The van der Waals surface area contributed by atoms with Crippen LogP contribution >= 0.6 is 23.2 Å². The van der Waals surface area contributed by atoms with Gasteiger partial charge in [-0.15, -0.1) is 0 Å². The quantitative estimate of drug-likeness (QED) is 0.518. The number of carbonyl (C=O) groups is 1. The SMILES string of the molecule is [CH3][Sn]([CH3])([CH3])[c]1ccc([C@@H](O)[C@@H](CF)CC(=O)C(Cl)Cl)cc1. The standard InChI is InChI=1S/C12H12Cl2FO2.3CH3.Sn/c13-12(14)10(16)6-9(7-15)11(17)8-4-2-1-3-5-8;;;;/h2-5,9,11-12,17H,6-7H2;3*1H3;/t9-,11-;;;;/m1..../s1. The van der Waals surface area contributed by atoms with E-state index < -0.39 is 47.7 Å². The summed E-state index contributed by atoms with van der Waals surface area (Å²) in [5.41, 5.74) is 0.616. The van der Waals surface area contributed by atoms with Crippen molar-refractivity contribution in [3.8, 4) is 0 Å². The van der Waals surface area contributed by atoms with Gasteiger partial charge in [0.2, 0.25) is 0 Å². The van der Waals surface area contributed by atoms with Crippen molar-refractivity contribution in [2.75, 3.05) is 6.67 Å². The maximum absolute atomic E-state index is 13.1. The Hall–Kier alpha value is 0.159. The van der Waals surface area contributed by atoms with E-state index in [1.165, 1.54) is 3.58 Å². The van der Waals surface area contributed by atoms with E-state index in [0.717, 1.165) is 0 Å². The number of hydrogen-bond donors (Lipinski definition) is 1. The number of carbonyl (C=O) groups excluding carboxylic acids is 1. The normalized spacial score (nSPS) is 15.0. The summed E-state index contributed by atoms with van der Waals surface area (Å²) in [6.45, 7) is -0.798. The summed E-state index contributed by atoms with van der Waals surface area (Å²) in [6.07, 6.45) is -1.20. The third-order valence-electron chi connectivity index (χ3n) is 3.47. The van der Waals surface area contributed by atoms with Gasteiger partial charge in [0.05, 0.1) is 0 Å². The van der Waals surface area contributed by atoms with E-state index in [4.69, 9.17) is 23.2 Å². The average Bonchev–Trinajstić information content (AvgIpc) is 2.42. The van der Waals surface area contributed by atoms with Crippen LogP contribution in [0.5, 0.6) is 0 Å². The van der Waals surface area contributed by atoms with Crippen LogP contribution in [0.25, 0.3) is 0 Å². The summed E-state index contributed by atoms with van der Waals surface area (Å²) >= 11 is 8.80. The van der Waals surface area contributed by atoms with Crippen molar-refractivity contribution in [1.82, 2.24) is 0 Å². The number of hydrogen-bond acceptors (Lipinski definition) is 2. The van der Waals surface area contributed by atoms with Crippen molar-refractivity contribution in [2.24, 2.45) is 5.92 Å². The molecular weight excluding hydrogens is 421 g/mol. The number of aliphatic hydroxyl groups excluding tert-OH is 1. The molecule has 2 atom stereocenters. The van der Waals surface area contributed by atoms with Crippen LogP contribution in [0.2, 0.25) is 14.8 Å². The molecule has 1 aromatic rings. The Kier molecular flexibility index (Phi) is 7.44. The summed E-state index contributed by atoms with van der Waals surface area (Å²) in [7, 11) is 0. The van der Waals surface area contributed by atoms with E-state index >= 15 is 0 Å². The van der Waals surface area contributed by atoms with Gasteiger partial charge >= 0.3 is 140 Å². The molecule has 2 nitrogen and oxygen atoms in total. The first-order valence-corrected chi connectivity index (χ1v) is 17.7. The number of Topliss-reactive ketones (excluding diaryl/α,β-unsaturated/α-hetero) is 1. The molecule has 1 aromatic carbocycles. The first kappa shape index (κ1) is 19.2. The molecule has 0 amide bonds. The van der Waals surface area contributed by atoms with Crippen LogP contribution in [0, 0.1) is 5.92 Å². The van der Waals surface area contributed by atoms with Crippen LogP contribution in [0.4, 0.5) is 4.39 Å². The van der Waals surface area contributed by atoms with Gasteiger partial charge in [0, 0.05) is 0 Å². The van der Waals surface area contributed by atoms with Gasteiger partial charge in [-0.3, -0.25) is 0 Å². The third-order valence-corrected chi connectivity index (χ3v) is 9.85. The monoisotopic (exact) mass is 442 g/mol. The number of alkyl halides is 3. The van der Waals surface area contributed by atoms with Crippen molar-refractivity contribution in [1.29, 1.82) is 0 Å². The molecule has 1 rings (SSSR count). The molecule has 0 saturated heterocycles. The van der Waals surface area contributed by atoms with Crippen molar-refractivity contribution in [2.45, 2.75) is 32.2 Å². The zero-order chi connectivity index (χ0) is 16.2. The molecule has 0 bridgehead atoms. The van der Waals surface area contributed by atoms with E-state index in [1.807, 2.05) is 24.3 Å². The van der Waals surface area contributed by atoms with E-state index in [0.29, 0.717) is 5.56 Å². The summed E-state index contributed by atoms with van der Waals surface area (Å²) in [5, 5.41) is 10.2. The second-order valence-electron chi connectivity index (χ2n) is 6.20. The Morgan fingerprint density at radius 3 is 2.14 bits per heavy atom. The second-order valence-corrected chi connectivity index (χ2v) is 21.8. The summed E-state index contributed by atoms with van der Waals surface area (Å²) < 4.78 is 14.4. The molecule has 0 aliphatic heterocycles. The maximum atomic E-state index is 13.1. The first-order chi connectivity index (χ1) is 9.66. The number of aliphatic hydroxyl groups is 1. The molecule has 0 aliphatic carbocycles. The Morgan fingerprint density at radius 2 is 1.76 bits per heavy atom. The minimum absolute atomic E-state index is 0.171. The van der Waals surface area contributed by atoms with Gasteiger partial charge in [0.15, 0.2) is 0 Å². The van der Waals surface area contributed by atoms with E-state index in [2.05, 4.69) is 14.8 Å². The molecule has 1 N–H and O–H groups in total. The van der Waals surface area contributed by atoms with Gasteiger partial charge in [0.25, 0.3) is 0 Å². The fraction of sp³-hybridized carbons (Fsp3) is 0.533. The van der Waals surface area contributed by atoms with Crippen molar-refractivity contribution in [3.63, 3.8) is 0 Å². The Labute approximate surface area is 139 Å². The van der Waals surface area contributed by atoms with E-state index in [9.17, 15) is 14.3 Å². The summed E-state index contributed by atoms with van der Waals surface area (Å²) in [4.78, 5) is 17.2. The zero-order valence-corrected chi connectivity index (χ0v) is 16.8. The molecule has 0 saturated carbocycles. The molecule has 0 radical (unpaired) electrons. The van der Waals surface area contributed by atoms with Crippen LogP contribution in [0.1, 0.15) is 18.1 Å². The third kappa shape index (κ3) is 5.70. The number of benzene rings is 1. The van der Waals surface area contributed by atoms with Gasteiger partial charge in [-0.05, 0) is 0 Å². The van der Waals surface area contributed by atoms with Crippen LogP contribution < -0.4 is 3.58 Å². The van der Waals surface area contributed by atoms with Gasteiger partial charge in [-0.25, -0.2) is 0 Å². The Balaban J connectivity index is 2.85. The first-order valence-electron chi connectivity index (χ1n) is 6.82. The fourth-order valence-electron chi connectivity index (χ4n) is 2.05. The Morgan fingerprint density at radius 1 is 1.24 bits per heavy atom. The Bertz CT molecular complexity index is 472. The van der Waals surface area contributed by atoms with Crippen LogP contribution in [0.15, 0.2) is 24.3 Å². The van der Waals surface area contributed by atoms with Gasteiger partial charge in [-0.1, -0.05) is 0 Å². The zero-order valence-electron chi connectivity index (χ0n) is 12.4. The average molecular weight is 442 g/mol. The van der Waals surface area contributed by atoms with E-state index in [1.54, 1.807) is 0 Å². The minimum atomic E-state index is -2.14. The van der Waals surface area contributed by atoms with Crippen molar-refractivity contribution in [3.05, 3.63) is 29.8 Å². The number of rotatable bonds is 7. The molecule has 0 aromatic heterocycles. The molecular formula is C15H21Cl2FO2Sn.